The molecule has 2 rings (SSSR count). The van der Waals surface area contributed by atoms with E-state index in [2.05, 4.69) is 22.1 Å². The molecule has 0 saturated heterocycles. The maximum atomic E-state index is 12.2. The van der Waals surface area contributed by atoms with E-state index < -0.39 is 0 Å². The Kier molecular flexibility index (Phi) is 5.51. The number of thiophene rings is 1. The van der Waals surface area contributed by atoms with Gasteiger partial charge in [-0.05, 0) is 19.9 Å². The number of rotatable bonds is 4. The van der Waals surface area contributed by atoms with Gasteiger partial charge in [0.05, 0.1) is 23.1 Å². The minimum absolute atomic E-state index is 0.0520. The lowest BCUT2D eigenvalue weighted by Crippen LogP contribution is -2.26. The van der Waals surface area contributed by atoms with E-state index >= 15 is 0 Å². The van der Waals surface area contributed by atoms with Gasteiger partial charge in [-0.15, -0.1) is 22.7 Å². The van der Waals surface area contributed by atoms with Crippen molar-refractivity contribution in [2.45, 2.75) is 26.3 Å². The van der Waals surface area contributed by atoms with E-state index in [1.54, 1.807) is 22.8 Å². The van der Waals surface area contributed by atoms with Crippen molar-refractivity contribution in [2.75, 3.05) is 6.61 Å². The molecule has 0 bridgehead atoms. The van der Waals surface area contributed by atoms with Crippen molar-refractivity contribution in [3.63, 3.8) is 0 Å². The van der Waals surface area contributed by atoms with Gasteiger partial charge in [-0.25, -0.2) is 4.98 Å². The van der Waals surface area contributed by atoms with Gasteiger partial charge in [0, 0.05) is 22.9 Å². The average Bonchev–Trinajstić information content (AvgIpc) is 3.08. The summed E-state index contributed by atoms with van der Waals surface area (Å²) in [7, 11) is 0. The predicted molar refractivity (Wildman–Crippen MR) is 85.6 cm³/mol. The molecule has 2 aromatic heterocycles. The fourth-order valence-electron chi connectivity index (χ4n) is 1.64. The molecule has 2 heterocycles. The van der Waals surface area contributed by atoms with E-state index in [-0.39, 0.29) is 18.6 Å². The summed E-state index contributed by atoms with van der Waals surface area (Å²) in [4.78, 5) is 17.4. The molecule has 2 aromatic rings. The van der Waals surface area contributed by atoms with E-state index in [1.807, 2.05) is 19.2 Å². The molecule has 6 heteroatoms. The molecule has 2 N–H and O–H groups in total. The number of carbonyl (C=O) groups excluding carboxylic acids is 1. The Balaban J connectivity index is 1.99. The molecule has 4 nitrogen and oxygen atoms in total. The Bertz CT molecular complexity index is 679. The maximum absolute atomic E-state index is 12.2. The van der Waals surface area contributed by atoms with Crippen molar-refractivity contribution in [1.82, 2.24) is 10.3 Å². The van der Waals surface area contributed by atoms with Crippen molar-refractivity contribution >= 4 is 28.6 Å². The van der Waals surface area contributed by atoms with Crippen LogP contribution in [0, 0.1) is 18.8 Å². The molecule has 0 aliphatic rings. The van der Waals surface area contributed by atoms with Crippen LogP contribution in [0.4, 0.5) is 0 Å². The van der Waals surface area contributed by atoms with Gasteiger partial charge < -0.3 is 10.4 Å². The Morgan fingerprint density at radius 3 is 2.95 bits per heavy atom. The summed E-state index contributed by atoms with van der Waals surface area (Å²) >= 11 is 2.97. The largest absolute Gasteiger partial charge is 0.395 e. The van der Waals surface area contributed by atoms with Crippen molar-refractivity contribution in [3.8, 4) is 11.8 Å². The third-order valence-corrected chi connectivity index (χ3v) is 4.66. The summed E-state index contributed by atoms with van der Waals surface area (Å²) < 4.78 is 0. The molecule has 0 spiro atoms. The molecule has 0 aromatic carbocycles. The second kappa shape index (κ2) is 7.36. The number of aromatic nitrogens is 1. The van der Waals surface area contributed by atoms with Crippen molar-refractivity contribution in [2.24, 2.45) is 0 Å². The number of amides is 1. The van der Waals surface area contributed by atoms with E-state index in [0.717, 1.165) is 15.6 Å². The first-order valence-electron chi connectivity index (χ1n) is 6.51. The highest BCUT2D eigenvalue weighted by Gasteiger charge is 2.15. The third kappa shape index (κ3) is 4.39. The van der Waals surface area contributed by atoms with Gasteiger partial charge >= 0.3 is 0 Å². The predicted octanol–water partition coefficient (Wildman–Crippen LogP) is 2.74. The molecule has 0 saturated carbocycles. The molecular formula is C15H16N2O2S2. The van der Waals surface area contributed by atoms with Crippen LogP contribution in [0.2, 0.25) is 0 Å². The molecule has 0 radical (unpaired) electrons. The quantitative estimate of drug-likeness (QED) is 0.852. The lowest BCUT2D eigenvalue weighted by Gasteiger charge is -2.10. The maximum Gasteiger partial charge on any atom is 0.252 e. The monoisotopic (exact) mass is 320 g/mol. The van der Waals surface area contributed by atoms with Crippen LogP contribution in [0.3, 0.4) is 0 Å². The summed E-state index contributed by atoms with van der Waals surface area (Å²) in [5.41, 5.74) is 1.57. The van der Waals surface area contributed by atoms with Crippen LogP contribution in [0.25, 0.3) is 0 Å². The number of carbonyl (C=O) groups is 1. The number of thiazole rings is 1. The van der Waals surface area contributed by atoms with Gasteiger partial charge in [0.25, 0.3) is 5.91 Å². The Hall–Kier alpha value is -1.68. The van der Waals surface area contributed by atoms with Gasteiger partial charge in [0.2, 0.25) is 0 Å². The lowest BCUT2D eigenvalue weighted by atomic mass is 10.2. The smallest absolute Gasteiger partial charge is 0.252 e. The minimum atomic E-state index is -0.123. The minimum Gasteiger partial charge on any atom is -0.395 e. The third-order valence-electron chi connectivity index (χ3n) is 2.66. The van der Waals surface area contributed by atoms with Gasteiger partial charge in [-0.2, -0.15) is 0 Å². The van der Waals surface area contributed by atoms with Crippen LogP contribution in [-0.2, 0) is 0 Å². The molecule has 0 fully saturated rings. The summed E-state index contributed by atoms with van der Waals surface area (Å²) in [6.45, 7) is 3.91. The average molecular weight is 320 g/mol. The van der Waals surface area contributed by atoms with Crippen molar-refractivity contribution in [1.29, 1.82) is 0 Å². The highest BCUT2D eigenvalue weighted by molar-refractivity contribution is 7.10. The molecular weight excluding hydrogens is 304 g/mol. The van der Waals surface area contributed by atoms with Crippen LogP contribution in [0.15, 0.2) is 16.8 Å². The van der Waals surface area contributed by atoms with Gasteiger partial charge in [0.15, 0.2) is 0 Å². The first-order chi connectivity index (χ1) is 10.1. The zero-order valence-corrected chi connectivity index (χ0v) is 13.5. The van der Waals surface area contributed by atoms with Crippen LogP contribution in [-0.4, -0.2) is 22.6 Å². The van der Waals surface area contributed by atoms with Gasteiger partial charge in [-0.3, -0.25) is 4.79 Å². The number of aliphatic hydroxyl groups is 1. The number of aryl methyl sites for hydroxylation is 1. The molecule has 1 unspecified atom stereocenters. The van der Waals surface area contributed by atoms with Gasteiger partial charge in [0.1, 0.15) is 5.01 Å². The van der Waals surface area contributed by atoms with Crippen LogP contribution in [0.5, 0.6) is 0 Å². The first kappa shape index (κ1) is 15.7. The molecule has 0 aliphatic heterocycles. The Morgan fingerprint density at radius 2 is 2.29 bits per heavy atom. The zero-order valence-electron chi connectivity index (χ0n) is 11.8. The molecule has 21 heavy (non-hydrogen) atoms. The molecule has 110 valence electrons. The highest BCUT2D eigenvalue weighted by Crippen LogP contribution is 2.19. The second-order valence-electron chi connectivity index (χ2n) is 4.50. The summed E-state index contributed by atoms with van der Waals surface area (Å²) in [6, 6.07) is 1.66. The van der Waals surface area contributed by atoms with Crippen LogP contribution in [0.1, 0.15) is 45.3 Å². The fraction of sp³-hybridized carbons (Fsp3) is 0.333. The SMILES string of the molecule is Cc1csc(C(C)NC(=O)c2csc(C#CCCO)c2)n1. The normalized spacial score (nSPS) is 11.6. The van der Waals surface area contributed by atoms with Gasteiger partial charge in [-0.1, -0.05) is 11.8 Å². The topological polar surface area (TPSA) is 62.2 Å². The summed E-state index contributed by atoms with van der Waals surface area (Å²) in [6.07, 6.45) is 0.444. The summed E-state index contributed by atoms with van der Waals surface area (Å²) in [5, 5.41) is 16.3. The summed E-state index contributed by atoms with van der Waals surface area (Å²) in [5.74, 6) is 5.65. The number of hydrogen-bond donors (Lipinski definition) is 2. The highest BCUT2D eigenvalue weighted by atomic mass is 32.1. The van der Waals surface area contributed by atoms with E-state index in [9.17, 15) is 4.79 Å². The number of nitrogens with one attached hydrogen (secondary N) is 1. The van der Waals surface area contributed by atoms with Crippen LogP contribution < -0.4 is 5.32 Å². The number of hydrogen-bond acceptors (Lipinski definition) is 5. The van der Waals surface area contributed by atoms with Crippen molar-refractivity contribution < 1.29 is 9.90 Å². The zero-order chi connectivity index (χ0) is 15.2. The second-order valence-corrected chi connectivity index (χ2v) is 6.30. The number of nitrogens with zero attached hydrogens (tertiary/aromatic N) is 1. The Labute approximate surface area is 131 Å². The van der Waals surface area contributed by atoms with Crippen molar-refractivity contribution in [3.05, 3.63) is 38.0 Å². The molecule has 1 amide bonds. The van der Waals surface area contributed by atoms with E-state index in [4.69, 9.17) is 5.11 Å². The number of aliphatic hydroxyl groups excluding tert-OH is 1. The first-order valence-corrected chi connectivity index (χ1v) is 8.27. The van der Waals surface area contributed by atoms with E-state index in [0.29, 0.717) is 12.0 Å². The molecule has 1 atom stereocenters. The van der Waals surface area contributed by atoms with Crippen LogP contribution >= 0.6 is 22.7 Å². The fourth-order valence-corrected chi connectivity index (χ4v) is 3.20. The van der Waals surface area contributed by atoms with E-state index in [1.165, 1.54) is 11.3 Å². The Morgan fingerprint density at radius 1 is 1.48 bits per heavy atom. The standard InChI is InChI=1S/C15H16N2O2S2/c1-10-8-21-15(16-10)11(2)17-14(19)12-7-13(20-9-12)5-3-4-6-18/h7-9,11,18H,4,6H2,1-2H3,(H,17,19). The lowest BCUT2D eigenvalue weighted by molar-refractivity contribution is 0.0940. The molecule has 0 aliphatic carbocycles.